The van der Waals surface area contributed by atoms with Gasteiger partial charge in [0.1, 0.15) is 0 Å². The molecule has 0 saturated carbocycles. The second kappa shape index (κ2) is 7.03. The maximum atomic E-state index is 12.6. The van der Waals surface area contributed by atoms with Crippen LogP contribution >= 0.6 is 0 Å². The predicted molar refractivity (Wildman–Crippen MR) is 104 cm³/mol. The molecule has 0 atom stereocenters. The monoisotopic (exact) mass is 387 g/mol. The Hall–Kier alpha value is -2.87. The van der Waals surface area contributed by atoms with Crippen molar-refractivity contribution in [3.05, 3.63) is 48.0 Å². The van der Waals surface area contributed by atoms with Crippen molar-refractivity contribution in [3.63, 3.8) is 0 Å². The second-order valence-electron chi connectivity index (χ2n) is 6.75. The molecule has 142 valence electrons. The van der Waals surface area contributed by atoms with Gasteiger partial charge in [-0.15, -0.1) is 0 Å². The number of nitrogens with zero attached hydrogens (tertiary/aromatic N) is 1. The minimum atomic E-state index is -3.78. The van der Waals surface area contributed by atoms with Crippen LogP contribution in [-0.4, -0.2) is 27.3 Å². The number of fused-ring (bicyclic) bond motifs is 1. The van der Waals surface area contributed by atoms with Gasteiger partial charge in [0.25, 0.3) is 10.0 Å². The first-order chi connectivity index (χ1) is 12.7. The van der Waals surface area contributed by atoms with E-state index in [0.717, 1.165) is 11.3 Å². The van der Waals surface area contributed by atoms with Gasteiger partial charge in [0.05, 0.1) is 11.3 Å². The van der Waals surface area contributed by atoms with Gasteiger partial charge < -0.3 is 10.2 Å². The van der Waals surface area contributed by atoms with E-state index in [2.05, 4.69) is 10.0 Å². The van der Waals surface area contributed by atoms with Crippen LogP contribution in [0, 0.1) is 5.92 Å². The van der Waals surface area contributed by atoms with Crippen molar-refractivity contribution in [2.75, 3.05) is 22.0 Å². The van der Waals surface area contributed by atoms with Crippen molar-refractivity contribution in [1.29, 1.82) is 0 Å². The Labute approximate surface area is 158 Å². The molecule has 0 saturated heterocycles. The highest BCUT2D eigenvalue weighted by Gasteiger charge is 2.24. The third kappa shape index (κ3) is 3.95. The molecule has 2 aromatic rings. The van der Waals surface area contributed by atoms with Gasteiger partial charge in [0.15, 0.2) is 0 Å². The highest BCUT2D eigenvalue weighted by Crippen LogP contribution is 2.30. The highest BCUT2D eigenvalue weighted by atomic mass is 32.2. The highest BCUT2D eigenvalue weighted by molar-refractivity contribution is 7.92. The Bertz CT molecular complexity index is 998. The maximum Gasteiger partial charge on any atom is 0.261 e. The third-order valence-electron chi connectivity index (χ3n) is 4.37. The van der Waals surface area contributed by atoms with Crippen LogP contribution in [-0.2, 0) is 26.0 Å². The molecule has 0 spiro atoms. The Morgan fingerprint density at radius 3 is 2.33 bits per heavy atom. The fourth-order valence-electron chi connectivity index (χ4n) is 2.75. The predicted octanol–water partition coefficient (Wildman–Crippen LogP) is 2.60. The number of hydrogen-bond donors (Lipinski definition) is 2. The van der Waals surface area contributed by atoms with E-state index in [1.165, 1.54) is 12.1 Å². The Kier molecular flexibility index (Phi) is 4.93. The van der Waals surface area contributed by atoms with Crippen molar-refractivity contribution >= 4 is 38.9 Å². The third-order valence-corrected chi connectivity index (χ3v) is 5.76. The molecular formula is C19H21N3O4S. The van der Waals surface area contributed by atoms with E-state index in [4.69, 9.17) is 0 Å². The molecular weight excluding hydrogens is 366 g/mol. The number of sulfonamides is 1. The van der Waals surface area contributed by atoms with Crippen molar-refractivity contribution in [2.45, 2.75) is 25.2 Å². The fourth-order valence-corrected chi connectivity index (χ4v) is 3.80. The first-order valence-electron chi connectivity index (χ1n) is 8.50. The lowest BCUT2D eigenvalue weighted by atomic mass is 10.1. The first-order valence-corrected chi connectivity index (χ1v) is 9.99. The molecule has 7 nitrogen and oxygen atoms in total. The summed E-state index contributed by atoms with van der Waals surface area (Å²) in [6, 6.07) is 11.0. The average Bonchev–Trinajstić information content (AvgIpc) is 2.88. The lowest BCUT2D eigenvalue weighted by molar-refractivity contribution is -0.119. The zero-order valence-electron chi connectivity index (χ0n) is 15.3. The smallest absolute Gasteiger partial charge is 0.261 e. The number of nitrogens with one attached hydrogen (secondary N) is 2. The van der Waals surface area contributed by atoms with Gasteiger partial charge in [-0.3, -0.25) is 14.3 Å². The Balaban J connectivity index is 1.77. The first kappa shape index (κ1) is 18.9. The Morgan fingerprint density at radius 1 is 1.07 bits per heavy atom. The van der Waals surface area contributed by atoms with Crippen molar-refractivity contribution in [3.8, 4) is 0 Å². The SMILES string of the molecule is CC(C)C(=O)Nc1ccc(S(=O)(=O)Nc2ccc3c(c2)CC(=O)N3C)cc1. The number of amides is 2. The molecule has 1 aliphatic heterocycles. The number of carbonyl (C=O) groups excluding carboxylic acids is 2. The summed E-state index contributed by atoms with van der Waals surface area (Å²) in [6.45, 7) is 3.56. The number of benzene rings is 2. The Morgan fingerprint density at radius 2 is 1.70 bits per heavy atom. The number of carbonyl (C=O) groups is 2. The maximum absolute atomic E-state index is 12.6. The summed E-state index contributed by atoms with van der Waals surface area (Å²) in [7, 11) is -2.09. The molecule has 3 rings (SSSR count). The fraction of sp³-hybridized carbons (Fsp3) is 0.263. The van der Waals surface area contributed by atoms with Gasteiger partial charge in [-0.25, -0.2) is 8.42 Å². The topological polar surface area (TPSA) is 95.6 Å². The summed E-state index contributed by atoms with van der Waals surface area (Å²) in [4.78, 5) is 25.1. The summed E-state index contributed by atoms with van der Waals surface area (Å²) in [6.07, 6.45) is 0.256. The molecule has 8 heteroatoms. The number of anilines is 3. The number of rotatable bonds is 5. The van der Waals surface area contributed by atoms with Crippen molar-refractivity contribution in [2.24, 2.45) is 5.92 Å². The van der Waals surface area contributed by atoms with Crippen LogP contribution in [0.5, 0.6) is 0 Å². The molecule has 1 aliphatic rings. The van der Waals surface area contributed by atoms with Gasteiger partial charge in [-0.05, 0) is 48.0 Å². The van der Waals surface area contributed by atoms with Crippen LogP contribution < -0.4 is 14.9 Å². The molecule has 27 heavy (non-hydrogen) atoms. The quantitative estimate of drug-likeness (QED) is 0.824. The standard InChI is InChI=1S/C19H21N3O4S/c1-12(2)19(24)20-14-4-7-16(8-5-14)27(25,26)21-15-6-9-17-13(10-15)11-18(23)22(17)3/h4-10,12,21H,11H2,1-3H3,(H,20,24). The minimum Gasteiger partial charge on any atom is -0.326 e. The normalized spacial score (nSPS) is 13.6. The number of likely N-dealkylation sites (N-methyl/N-ethyl adjacent to an activating group) is 1. The van der Waals surface area contributed by atoms with E-state index < -0.39 is 10.0 Å². The molecule has 0 aromatic heterocycles. The van der Waals surface area contributed by atoms with E-state index in [0.29, 0.717) is 11.4 Å². The van der Waals surface area contributed by atoms with Gasteiger partial charge in [0.2, 0.25) is 11.8 Å². The van der Waals surface area contributed by atoms with Crippen molar-refractivity contribution in [1.82, 2.24) is 0 Å². The summed E-state index contributed by atoms with van der Waals surface area (Å²) in [5, 5.41) is 2.72. The zero-order valence-corrected chi connectivity index (χ0v) is 16.1. The van der Waals surface area contributed by atoms with Crippen LogP contribution in [0.1, 0.15) is 19.4 Å². The molecule has 0 aliphatic carbocycles. The number of hydrogen-bond acceptors (Lipinski definition) is 4. The van der Waals surface area contributed by atoms with Gasteiger partial charge in [-0.1, -0.05) is 13.8 Å². The molecule has 0 unspecified atom stereocenters. The summed E-state index contributed by atoms with van der Waals surface area (Å²) >= 11 is 0. The molecule has 1 heterocycles. The van der Waals surface area contributed by atoms with Crippen LogP contribution in [0.25, 0.3) is 0 Å². The summed E-state index contributed by atoms with van der Waals surface area (Å²) in [5.41, 5.74) is 2.50. The molecule has 2 aromatic carbocycles. The molecule has 0 bridgehead atoms. The van der Waals surface area contributed by atoms with E-state index >= 15 is 0 Å². The van der Waals surface area contributed by atoms with E-state index in [9.17, 15) is 18.0 Å². The van der Waals surface area contributed by atoms with Gasteiger partial charge >= 0.3 is 0 Å². The zero-order chi connectivity index (χ0) is 19.8. The van der Waals surface area contributed by atoms with E-state index in [1.54, 1.807) is 56.1 Å². The van der Waals surface area contributed by atoms with E-state index in [-0.39, 0.29) is 29.0 Å². The average molecular weight is 387 g/mol. The lowest BCUT2D eigenvalue weighted by Gasteiger charge is -2.12. The van der Waals surface area contributed by atoms with Crippen LogP contribution in [0.2, 0.25) is 0 Å². The van der Waals surface area contributed by atoms with E-state index in [1.807, 2.05) is 0 Å². The second-order valence-corrected chi connectivity index (χ2v) is 8.43. The van der Waals surface area contributed by atoms with Crippen LogP contribution in [0.4, 0.5) is 17.1 Å². The van der Waals surface area contributed by atoms with Crippen LogP contribution in [0.3, 0.4) is 0 Å². The largest absolute Gasteiger partial charge is 0.326 e. The van der Waals surface area contributed by atoms with Gasteiger partial charge in [-0.2, -0.15) is 0 Å². The molecule has 0 fully saturated rings. The van der Waals surface area contributed by atoms with Gasteiger partial charge in [0, 0.05) is 30.0 Å². The molecule has 2 amide bonds. The van der Waals surface area contributed by atoms with Crippen molar-refractivity contribution < 1.29 is 18.0 Å². The minimum absolute atomic E-state index is 0.0240. The lowest BCUT2D eigenvalue weighted by Crippen LogP contribution is -2.20. The summed E-state index contributed by atoms with van der Waals surface area (Å²) in [5.74, 6) is -0.328. The summed E-state index contributed by atoms with van der Waals surface area (Å²) < 4.78 is 27.7. The molecule has 2 N–H and O–H groups in total. The van der Waals surface area contributed by atoms with Crippen LogP contribution in [0.15, 0.2) is 47.4 Å². The molecule has 0 radical (unpaired) electrons.